The Balaban J connectivity index is 2.33. The summed E-state index contributed by atoms with van der Waals surface area (Å²) in [5.41, 5.74) is 0. The van der Waals surface area contributed by atoms with Gasteiger partial charge in [-0.15, -0.1) is 0 Å². The van der Waals surface area contributed by atoms with E-state index >= 15 is 0 Å². The molecule has 0 spiro atoms. The molecule has 0 bridgehead atoms. The standard InChI is InChI=1S/C22H38O5/c1-2-8-18(15-23)21(26)12-7-9-17-13-14-22(27)20(17)11-6-4-3-5-10-19(25)16-24/h7,9,17-18,20-21,23-24,26H,2-6,8,10-16H2,1H3/t17-,18?,20+,21?/m0/s1. The molecule has 0 aliphatic heterocycles. The number of aliphatic hydroxyl groups is 3. The Kier molecular flexibility index (Phi) is 12.5. The average molecular weight is 383 g/mol. The lowest BCUT2D eigenvalue weighted by Crippen LogP contribution is -2.23. The monoisotopic (exact) mass is 382 g/mol. The number of rotatable bonds is 15. The van der Waals surface area contributed by atoms with Crippen molar-refractivity contribution < 1.29 is 24.9 Å². The lowest BCUT2D eigenvalue weighted by atomic mass is 9.88. The van der Waals surface area contributed by atoms with Crippen molar-refractivity contribution in [3.63, 3.8) is 0 Å². The number of ketones is 2. The van der Waals surface area contributed by atoms with Crippen molar-refractivity contribution in [1.82, 2.24) is 0 Å². The zero-order valence-corrected chi connectivity index (χ0v) is 16.8. The maximum absolute atomic E-state index is 12.2. The molecular formula is C22H38O5. The largest absolute Gasteiger partial charge is 0.396 e. The quantitative estimate of drug-likeness (QED) is 0.299. The maximum atomic E-state index is 12.2. The smallest absolute Gasteiger partial charge is 0.158 e. The Bertz CT molecular complexity index is 460. The highest BCUT2D eigenvalue weighted by molar-refractivity contribution is 5.83. The predicted molar refractivity (Wildman–Crippen MR) is 106 cm³/mol. The molecule has 5 heteroatoms. The van der Waals surface area contributed by atoms with Crippen LogP contribution in [0.25, 0.3) is 0 Å². The lowest BCUT2D eigenvalue weighted by molar-refractivity contribution is -0.122. The Hall–Kier alpha value is -1.04. The van der Waals surface area contributed by atoms with Gasteiger partial charge in [-0.1, -0.05) is 44.8 Å². The Labute approximate surface area is 163 Å². The average Bonchev–Trinajstić information content (AvgIpc) is 3.01. The van der Waals surface area contributed by atoms with Crippen LogP contribution in [0.3, 0.4) is 0 Å². The van der Waals surface area contributed by atoms with Crippen molar-refractivity contribution in [2.75, 3.05) is 13.2 Å². The number of hydrogen-bond acceptors (Lipinski definition) is 5. The fourth-order valence-electron chi connectivity index (χ4n) is 4.02. The first-order chi connectivity index (χ1) is 13.0. The Morgan fingerprint density at radius 2 is 1.96 bits per heavy atom. The van der Waals surface area contributed by atoms with E-state index in [1.807, 2.05) is 13.0 Å². The highest BCUT2D eigenvalue weighted by atomic mass is 16.3. The fourth-order valence-corrected chi connectivity index (χ4v) is 4.02. The molecule has 1 fully saturated rings. The van der Waals surface area contributed by atoms with E-state index < -0.39 is 6.10 Å². The SMILES string of the molecule is CCCC(CO)C(O)CC=C[C@H]1CCC(=O)[C@@H]1CCCCCCC(=O)CO. The summed E-state index contributed by atoms with van der Waals surface area (Å²) in [6.45, 7) is 1.69. The van der Waals surface area contributed by atoms with E-state index in [1.165, 1.54) is 0 Å². The molecular weight excluding hydrogens is 344 g/mol. The summed E-state index contributed by atoms with van der Waals surface area (Å²) in [6, 6.07) is 0. The van der Waals surface area contributed by atoms with E-state index in [9.17, 15) is 19.8 Å². The zero-order valence-electron chi connectivity index (χ0n) is 16.8. The molecule has 1 aliphatic rings. The van der Waals surface area contributed by atoms with Crippen LogP contribution in [-0.2, 0) is 9.59 Å². The predicted octanol–water partition coefficient (Wildman–Crippen LogP) is 3.20. The number of hydrogen-bond donors (Lipinski definition) is 3. The molecule has 0 radical (unpaired) electrons. The van der Waals surface area contributed by atoms with E-state index in [4.69, 9.17) is 5.11 Å². The van der Waals surface area contributed by atoms with Crippen molar-refractivity contribution in [2.24, 2.45) is 17.8 Å². The lowest BCUT2D eigenvalue weighted by Gasteiger charge is -2.19. The molecule has 3 N–H and O–H groups in total. The van der Waals surface area contributed by atoms with Gasteiger partial charge in [-0.05, 0) is 38.0 Å². The van der Waals surface area contributed by atoms with Crippen molar-refractivity contribution >= 4 is 11.6 Å². The number of unbranched alkanes of at least 4 members (excludes halogenated alkanes) is 3. The second kappa shape index (κ2) is 14.0. The zero-order chi connectivity index (χ0) is 20.1. The molecule has 4 atom stereocenters. The summed E-state index contributed by atoms with van der Waals surface area (Å²) in [6.07, 6.45) is 12.5. The van der Waals surface area contributed by atoms with Gasteiger partial charge in [0.25, 0.3) is 0 Å². The van der Waals surface area contributed by atoms with Gasteiger partial charge in [0.1, 0.15) is 12.4 Å². The van der Waals surface area contributed by atoms with Crippen molar-refractivity contribution in [1.29, 1.82) is 0 Å². The molecule has 1 saturated carbocycles. The van der Waals surface area contributed by atoms with E-state index in [0.29, 0.717) is 25.0 Å². The third kappa shape index (κ3) is 9.13. The number of aliphatic hydroxyl groups excluding tert-OH is 3. The first kappa shape index (κ1) is 24.0. The molecule has 5 nitrogen and oxygen atoms in total. The van der Waals surface area contributed by atoms with Crippen LogP contribution in [0.5, 0.6) is 0 Å². The van der Waals surface area contributed by atoms with Gasteiger partial charge in [-0.25, -0.2) is 0 Å². The van der Waals surface area contributed by atoms with Crippen LogP contribution < -0.4 is 0 Å². The summed E-state index contributed by atoms with van der Waals surface area (Å²) in [5, 5.41) is 28.2. The van der Waals surface area contributed by atoms with Gasteiger partial charge in [-0.3, -0.25) is 9.59 Å². The first-order valence-corrected chi connectivity index (χ1v) is 10.6. The molecule has 0 aromatic rings. The van der Waals surface area contributed by atoms with Gasteiger partial charge < -0.3 is 15.3 Å². The van der Waals surface area contributed by atoms with E-state index in [0.717, 1.165) is 51.4 Å². The van der Waals surface area contributed by atoms with Crippen LogP contribution in [0.1, 0.15) is 77.6 Å². The normalized spacial score (nSPS) is 22.4. The molecule has 0 saturated heterocycles. The summed E-state index contributed by atoms with van der Waals surface area (Å²) in [5.74, 6) is 0.523. The fraction of sp³-hybridized carbons (Fsp3) is 0.818. The molecule has 27 heavy (non-hydrogen) atoms. The topological polar surface area (TPSA) is 94.8 Å². The van der Waals surface area contributed by atoms with Crippen LogP contribution in [0.15, 0.2) is 12.2 Å². The molecule has 0 amide bonds. The minimum Gasteiger partial charge on any atom is -0.396 e. The van der Waals surface area contributed by atoms with Crippen LogP contribution in [0, 0.1) is 17.8 Å². The third-order valence-corrected chi connectivity index (χ3v) is 5.75. The minimum atomic E-state index is -0.525. The van der Waals surface area contributed by atoms with Gasteiger partial charge in [0.15, 0.2) is 5.78 Å². The molecule has 156 valence electrons. The first-order valence-electron chi connectivity index (χ1n) is 10.6. The summed E-state index contributed by atoms with van der Waals surface area (Å²) >= 11 is 0. The van der Waals surface area contributed by atoms with Gasteiger partial charge >= 0.3 is 0 Å². The number of allylic oxidation sites excluding steroid dienone is 1. The van der Waals surface area contributed by atoms with Gasteiger partial charge in [0.2, 0.25) is 0 Å². The van der Waals surface area contributed by atoms with E-state index in [1.54, 1.807) is 0 Å². The van der Waals surface area contributed by atoms with Crippen molar-refractivity contribution in [3.05, 3.63) is 12.2 Å². The Morgan fingerprint density at radius 3 is 2.63 bits per heavy atom. The number of Topliss-reactive ketones (excluding diaryl/α,β-unsaturated/α-hetero) is 2. The number of carbonyl (C=O) groups excluding carboxylic acids is 2. The van der Waals surface area contributed by atoms with Crippen molar-refractivity contribution in [3.8, 4) is 0 Å². The highest BCUT2D eigenvalue weighted by Gasteiger charge is 2.32. The molecule has 1 aliphatic carbocycles. The van der Waals surface area contributed by atoms with Crippen LogP contribution in [-0.4, -0.2) is 46.2 Å². The molecule has 2 unspecified atom stereocenters. The van der Waals surface area contributed by atoms with Gasteiger partial charge in [0, 0.05) is 31.3 Å². The van der Waals surface area contributed by atoms with E-state index in [2.05, 4.69) is 6.08 Å². The van der Waals surface area contributed by atoms with Gasteiger partial charge in [0.05, 0.1) is 6.10 Å². The molecule has 0 heterocycles. The van der Waals surface area contributed by atoms with Crippen LogP contribution in [0.4, 0.5) is 0 Å². The molecule has 1 rings (SSSR count). The Morgan fingerprint density at radius 1 is 1.22 bits per heavy atom. The second-order valence-corrected chi connectivity index (χ2v) is 7.89. The number of carbonyl (C=O) groups is 2. The molecule has 0 aromatic carbocycles. The second-order valence-electron chi connectivity index (χ2n) is 7.89. The molecule has 0 aromatic heterocycles. The van der Waals surface area contributed by atoms with Gasteiger partial charge in [-0.2, -0.15) is 0 Å². The maximum Gasteiger partial charge on any atom is 0.158 e. The van der Waals surface area contributed by atoms with Crippen LogP contribution >= 0.6 is 0 Å². The third-order valence-electron chi connectivity index (χ3n) is 5.75. The van der Waals surface area contributed by atoms with E-state index in [-0.39, 0.29) is 36.8 Å². The summed E-state index contributed by atoms with van der Waals surface area (Å²) in [7, 11) is 0. The van der Waals surface area contributed by atoms with Crippen LogP contribution in [0.2, 0.25) is 0 Å². The summed E-state index contributed by atoms with van der Waals surface area (Å²) < 4.78 is 0. The highest BCUT2D eigenvalue weighted by Crippen LogP contribution is 2.34. The summed E-state index contributed by atoms with van der Waals surface area (Å²) in [4.78, 5) is 23.2. The minimum absolute atomic E-state index is 0.0112. The van der Waals surface area contributed by atoms with Crippen molar-refractivity contribution in [2.45, 2.75) is 83.7 Å².